The number of hydrogen-bond donors (Lipinski definition) is 2. The van der Waals surface area contributed by atoms with Gasteiger partial charge in [-0.3, -0.25) is 0 Å². The van der Waals surface area contributed by atoms with E-state index in [1.54, 1.807) is 16.3 Å². The van der Waals surface area contributed by atoms with E-state index in [9.17, 15) is 9.90 Å². The third kappa shape index (κ3) is 2.95. The summed E-state index contributed by atoms with van der Waals surface area (Å²) in [5.41, 5.74) is 0.0316. The van der Waals surface area contributed by atoms with Gasteiger partial charge in [0.2, 0.25) is 0 Å². The van der Waals surface area contributed by atoms with Gasteiger partial charge in [0.05, 0.1) is 17.2 Å². The average molecular weight is 307 g/mol. The summed E-state index contributed by atoms with van der Waals surface area (Å²) in [7, 11) is 0. The van der Waals surface area contributed by atoms with Crippen LogP contribution in [-0.2, 0) is 4.79 Å². The monoisotopic (exact) mass is 307 g/mol. The zero-order chi connectivity index (χ0) is 15.6. The van der Waals surface area contributed by atoms with Gasteiger partial charge in [0, 0.05) is 11.6 Å². The summed E-state index contributed by atoms with van der Waals surface area (Å²) in [6.45, 7) is 9.55. The van der Waals surface area contributed by atoms with Crippen molar-refractivity contribution in [2.24, 2.45) is 5.10 Å². The molecule has 2 rings (SSSR count). The van der Waals surface area contributed by atoms with Gasteiger partial charge in [0.1, 0.15) is 5.82 Å². The number of hydrogen-bond acceptors (Lipinski definition) is 5. The van der Waals surface area contributed by atoms with Crippen LogP contribution in [-0.4, -0.2) is 28.3 Å². The third-order valence-corrected chi connectivity index (χ3v) is 4.71. The number of nitrogens with zero attached hydrogens (tertiary/aromatic N) is 2. The third-order valence-electron chi connectivity index (χ3n) is 3.73. The standard InChI is InChI=1S/C15H21N3O2S/c1-5-10(14(19)20)13-17-11(12-7-6-8-21-12)9-15(2,3)18(13)16-4/h6-8,11,17H,4-5,9H2,1-3H3,(H,19,20)/b13-10+. The van der Waals surface area contributed by atoms with Crippen molar-refractivity contribution in [3.05, 3.63) is 33.8 Å². The van der Waals surface area contributed by atoms with Crippen LogP contribution in [0.2, 0.25) is 0 Å². The highest BCUT2D eigenvalue weighted by atomic mass is 32.1. The van der Waals surface area contributed by atoms with Gasteiger partial charge in [-0.05, 0) is 38.1 Å². The largest absolute Gasteiger partial charge is 0.478 e. The van der Waals surface area contributed by atoms with Gasteiger partial charge in [0.25, 0.3) is 0 Å². The first-order valence-electron chi connectivity index (χ1n) is 6.94. The van der Waals surface area contributed by atoms with Crippen LogP contribution in [0.4, 0.5) is 0 Å². The second-order valence-electron chi connectivity index (χ2n) is 5.67. The lowest BCUT2D eigenvalue weighted by molar-refractivity contribution is -0.133. The van der Waals surface area contributed by atoms with Gasteiger partial charge in [-0.25, -0.2) is 9.80 Å². The fraction of sp³-hybridized carbons (Fsp3) is 0.467. The molecule has 0 radical (unpaired) electrons. The number of aliphatic carboxylic acids is 1. The number of thiophene rings is 1. The molecule has 1 aliphatic heterocycles. The van der Waals surface area contributed by atoms with Crippen LogP contribution in [0.5, 0.6) is 0 Å². The van der Waals surface area contributed by atoms with E-state index in [1.807, 2.05) is 18.4 Å². The van der Waals surface area contributed by atoms with Crippen molar-refractivity contribution < 1.29 is 9.90 Å². The number of carboxylic acid groups (broad SMARTS) is 1. The van der Waals surface area contributed by atoms with Crippen molar-refractivity contribution in [1.82, 2.24) is 10.3 Å². The molecule has 1 aromatic rings. The number of rotatable bonds is 4. The van der Waals surface area contributed by atoms with Gasteiger partial charge in [-0.15, -0.1) is 11.3 Å². The highest BCUT2D eigenvalue weighted by Gasteiger charge is 2.39. The first-order chi connectivity index (χ1) is 9.90. The Bertz CT molecular complexity index is 563. The molecular weight excluding hydrogens is 286 g/mol. The van der Waals surface area contributed by atoms with Crippen LogP contribution >= 0.6 is 11.3 Å². The summed E-state index contributed by atoms with van der Waals surface area (Å²) in [6, 6.07) is 4.17. The van der Waals surface area contributed by atoms with Gasteiger partial charge in [0.15, 0.2) is 0 Å². The summed E-state index contributed by atoms with van der Waals surface area (Å²) in [5, 5.41) is 20.6. The van der Waals surface area contributed by atoms with E-state index >= 15 is 0 Å². The maximum Gasteiger partial charge on any atom is 0.335 e. The molecule has 0 amide bonds. The SMILES string of the molecule is C=NN1/C(=C(\CC)C(=O)O)NC(c2cccs2)CC1(C)C. The minimum absolute atomic E-state index is 0.0916. The van der Waals surface area contributed by atoms with Crippen LogP contribution < -0.4 is 5.32 Å². The molecule has 0 aromatic carbocycles. The zero-order valence-electron chi connectivity index (χ0n) is 12.6. The predicted octanol–water partition coefficient (Wildman–Crippen LogP) is 3.18. The Morgan fingerprint density at radius 2 is 2.38 bits per heavy atom. The minimum atomic E-state index is -0.920. The minimum Gasteiger partial charge on any atom is -0.478 e. The van der Waals surface area contributed by atoms with Crippen LogP contribution in [0, 0.1) is 0 Å². The molecule has 6 heteroatoms. The Morgan fingerprint density at radius 3 is 2.86 bits per heavy atom. The van der Waals surface area contributed by atoms with E-state index < -0.39 is 5.97 Å². The Labute approximate surface area is 129 Å². The Morgan fingerprint density at radius 1 is 1.67 bits per heavy atom. The molecule has 0 spiro atoms. The lowest BCUT2D eigenvalue weighted by Crippen LogP contribution is -2.52. The molecule has 0 aliphatic carbocycles. The Hall–Kier alpha value is -1.82. The number of carboxylic acids is 1. The van der Waals surface area contributed by atoms with Gasteiger partial charge < -0.3 is 10.4 Å². The summed E-state index contributed by atoms with van der Waals surface area (Å²) in [4.78, 5) is 12.7. The van der Waals surface area contributed by atoms with Crippen molar-refractivity contribution in [3.8, 4) is 0 Å². The molecule has 114 valence electrons. The van der Waals surface area contributed by atoms with Crippen molar-refractivity contribution in [3.63, 3.8) is 0 Å². The summed E-state index contributed by atoms with van der Waals surface area (Å²) in [6.07, 6.45) is 1.25. The molecule has 0 saturated carbocycles. The molecule has 1 atom stereocenters. The van der Waals surface area contributed by atoms with E-state index in [2.05, 4.69) is 37.0 Å². The fourth-order valence-corrected chi connectivity index (χ4v) is 3.50. The van der Waals surface area contributed by atoms with Crippen molar-refractivity contribution in [1.29, 1.82) is 0 Å². The second-order valence-corrected chi connectivity index (χ2v) is 6.65. The van der Waals surface area contributed by atoms with Crippen LogP contribution in [0.3, 0.4) is 0 Å². The Balaban J connectivity index is 2.49. The highest BCUT2D eigenvalue weighted by molar-refractivity contribution is 7.10. The smallest absolute Gasteiger partial charge is 0.335 e. The molecule has 1 fully saturated rings. The van der Waals surface area contributed by atoms with Crippen molar-refractivity contribution in [2.75, 3.05) is 0 Å². The Kier molecular flexibility index (Phi) is 4.37. The maximum atomic E-state index is 11.5. The molecule has 0 bridgehead atoms. The first-order valence-corrected chi connectivity index (χ1v) is 7.82. The maximum absolute atomic E-state index is 11.5. The lowest BCUT2D eigenvalue weighted by atomic mass is 9.90. The first kappa shape index (κ1) is 15.6. The van der Waals surface area contributed by atoms with E-state index in [1.165, 1.54) is 4.88 Å². The van der Waals surface area contributed by atoms with Gasteiger partial charge in [-0.2, -0.15) is 5.10 Å². The summed E-state index contributed by atoms with van der Waals surface area (Å²) >= 11 is 1.67. The van der Waals surface area contributed by atoms with E-state index in [-0.39, 0.29) is 11.6 Å². The number of hydrazone groups is 1. The van der Waals surface area contributed by atoms with E-state index in [4.69, 9.17) is 0 Å². The number of carbonyl (C=O) groups is 1. The zero-order valence-corrected chi connectivity index (χ0v) is 13.4. The number of nitrogens with one attached hydrogen (secondary N) is 1. The lowest BCUT2D eigenvalue weighted by Gasteiger charge is -2.46. The average Bonchev–Trinajstić information content (AvgIpc) is 2.91. The predicted molar refractivity (Wildman–Crippen MR) is 85.2 cm³/mol. The molecule has 1 saturated heterocycles. The van der Waals surface area contributed by atoms with Crippen LogP contribution in [0.1, 0.15) is 44.5 Å². The topological polar surface area (TPSA) is 64.9 Å². The molecule has 1 aliphatic rings. The molecule has 1 aromatic heterocycles. The highest BCUT2D eigenvalue weighted by Crippen LogP contribution is 2.38. The summed E-state index contributed by atoms with van der Waals surface area (Å²) in [5.74, 6) is -0.370. The van der Waals surface area contributed by atoms with Crippen molar-refractivity contribution >= 4 is 24.0 Å². The molecule has 21 heavy (non-hydrogen) atoms. The van der Waals surface area contributed by atoms with Gasteiger partial charge >= 0.3 is 5.97 Å². The quantitative estimate of drug-likeness (QED) is 0.662. The molecule has 5 nitrogen and oxygen atoms in total. The normalized spacial score (nSPS) is 23.4. The van der Waals surface area contributed by atoms with E-state index in [0.29, 0.717) is 17.8 Å². The molecule has 2 heterocycles. The summed E-state index contributed by atoms with van der Waals surface area (Å²) < 4.78 is 0. The second kappa shape index (κ2) is 5.89. The molecular formula is C15H21N3O2S. The van der Waals surface area contributed by atoms with Crippen molar-refractivity contribution in [2.45, 2.75) is 45.2 Å². The van der Waals surface area contributed by atoms with Crippen LogP contribution in [0.15, 0.2) is 34.0 Å². The molecule has 2 N–H and O–H groups in total. The van der Waals surface area contributed by atoms with E-state index in [0.717, 1.165) is 6.42 Å². The van der Waals surface area contributed by atoms with Gasteiger partial charge in [-0.1, -0.05) is 13.0 Å². The fourth-order valence-electron chi connectivity index (χ4n) is 2.72. The van der Waals surface area contributed by atoms with Crippen LogP contribution in [0.25, 0.3) is 0 Å². The molecule has 1 unspecified atom stereocenters.